The van der Waals surface area contributed by atoms with Crippen LogP contribution < -0.4 is 16.0 Å². The number of rotatable bonds is 3. The predicted molar refractivity (Wildman–Crippen MR) is 151 cm³/mol. The van der Waals surface area contributed by atoms with Gasteiger partial charge in [-0.15, -0.1) is 0 Å². The van der Waals surface area contributed by atoms with E-state index in [1.54, 1.807) is 12.1 Å². The van der Waals surface area contributed by atoms with E-state index in [2.05, 4.69) is 43.6 Å². The lowest BCUT2D eigenvalue weighted by Gasteiger charge is -2.24. The first-order valence-electron chi connectivity index (χ1n) is 13.4. The number of carbonyl (C=O) groups excluding carboxylic acids is 2. The summed E-state index contributed by atoms with van der Waals surface area (Å²) in [4.78, 5) is 22.3. The Balaban J connectivity index is 0.000000313. The molecule has 216 valence electrons. The van der Waals surface area contributed by atoms with Crippen molar-refractivity contribution >= 4 is 29.6 Å². The molecule has 2 amide bonds. The molecule has 0 spiro atoms. The van der Waals surface area contributed by atoms with Crippen molar-refractivity contribution in [2.75, 3.05) is 5.32 Å². The number of amides is 2. The molecule has 2 atom stereocenters. The Kier molecular flexibility index (Phi) is 12.8. The molecule has 1 heterocycles. The summed E-state index contributed by atoms with van der Waals surface area (Å²) in [5, 5.41) is 8.52. The fourth-order valence-electron chi connectivity index (χ4n) is 4.39. The van der Waals surface area contributed by atoms with Crippen LogP contribution in [-0.4, -0.2) is 24.4 Å². The molecule has 39 heavy (non-hydrogen) atoms. The SMILES string of the molecule is CC(C)(C)C.C[C@@H]1NCc2cc(F)c(F)cc2NC(=O)CC1c1cccc(Cl)c1F.O=CNC1CCCCC1. The fourth-order valence-corrected chi connectivity index (χ4v) is 4.58. The molecule has 1 unspecified atom stereocenters. The second-order valence-electron chi connectivity index (χ2n) is 11.7. The molecule has 1 aliphatic heterocycles. The Hall–Kier alpha value is -2.58. The predicted octanol–water partition coefficient (Wildman–Crippen LogP) is 7.48. The third-order valence-electron chi connectivity index (χ3n) is 6.33. The molecule has 1 saturated carbocycles. The number of nitrogens with one attached hydrogen (secondary N) is 3. The minimum atomic E-state index is -1.04. The number of hydrogen-bond donors (Lipinski definition) is 3. The Labute approximate surface area is 235 Å². The Morgan fingerprint density at radius 3 is 2.26 bits per heavy atom. The second kappa shape index (κ2) is 15.3. The van der Waals surface area contributed by atoms with Gasteiger partial charge >= 0.3 is 0 Å². The molecule has 1 aliphatic carbocycles. The molecule has 2 aliphatic rings. The Morgan fingerprint density at radius 2 is 1.64 bits per heavy atom. The third kappa shape index (κ3) is 11.2. The van der Waals surface area contributed by atoms with E-state index in [1.165, 1.54) is 38.2 Å². The van der Waals surface area contributed by atoms with E-state index < -0.39 is 29.3 Å². The molecule has 0 bridgehead atoms. The van der Waals surface area contributed by atoms with Crippen LogP contribution in [0.3, 0.4) is 0 Å². The monoisotopic (exact) mass is 567 g/mol. The van der Waals surface area contributed by atoms with Gasteiger partial charge in [0.2, 0.25) is 12.3 Å². The summed E-state index contributed by atoms with van der Waals surface area (Å²) >= 11 is 5.85. The molecule has 2 aromatic rings. The molecule has 5 nitrogen and oxygen atoms in total. The first-order chi connectivity index (χ1) is 18.3. The van der Waals surface area contributed by atoms with E-state index in [0.717, 1.165) is 18.5 Å². The molecule has 1 fully saturated rings. The van der Waals surface area contributed by atoms with Crippen molar-refractivity contribution in [1.29, 1.82) is 0 Å². The molecule has 4 rings (SSSR count). The Bertz CT molecular complexity index is 1100. The molecule has 0 aromatic heterocycles. The summed E-state index contributed by atoms with van der Waals surface area (Å²) in [6.45, 7) is 10.8. The van der Waals surface area contributed by atoms with Crippen LogP contribution in [0.15, 0.2) is 30.3 Å². The Morgan fingerprint density at radius 1 is 1.03 bits per heavy atom. The minimum absolute atomic E-state index is 0.0163. The number of fused-ring (bicyclic) bond motifs is 1. The van der Waals surface area contributed by atoms with Crippen molar-refractivity contribution in [3.63, 3.8) is 0 Å². The van der Waals surface area contributed by atoms with E-state index in [-0.39, 0.29) is 29.7 Å². The highest BCUT2D eigenvalue weighted by molar-refractivity contribution is 6.30. The average molecular weight is 568 g/mol. The molecular formula is C30H41ClF3N3O2. The zero-order valence-corrected chi connectivity index (χ0v) is 24.2. The topological polar surface area (TPSA) is 70.2 Å². The maximum absolute atomic E-state index is 14.4. The van der Waals surface area contributed by atoms with Gasteiger partial charge in [0.05, 0.1) is 5.02 Å². The van der Waals surface area contributed by atoms with Gasteiger partial charge in [-0.05, 0) is 48.4 Å². The number of halogens is 4. The van der Waals surface area contributed by atoms with Crippen LogP contribution in [0.1, 0.15) is 90.2 Å². The summed E-state index contributed by atoms with van der Waals surface area (Å²) in [6, 6.07) is 6.84. The number of hydrogen-bond acceptors (Lipinski definition) is 3. The number of carbonyl (C=O) groups is 2. The molecule has 0 saturated heterocycles. The largest absolute Gasteiger partial charge is 0.356 e. The van der Waals surface area contributed by atoms with E-state index in [1.807, 2.05) is 6.92 Å². The first-order valence-corrected chi connectivity index (χ1v) is 13.8. The highest BCUT2D eigenvalue weighted by atomic mass is 35.5. The van der Waals surface area contributed by atoms with Gasteiger partial charge < -0.3 is 16.0 Å². The smallest absolute Gasteiger partial charge is 0.225 e. The van der Waals surface area contributed by atoms with Crippen molar-refractivity contribution in [2.45, 2.75) is 97.7 Å². The van der Waals surface area contributed by atoms with Gasteiger partial charge in [0.25, 0.3) is 0 Å². The van der Waals surface area contributed by atoms with E-state index in [9.17, 15) is 22.8 Å². The van der Waals surface area contributed by atoms with Crippen molar-refractivity contribution in [2.24, 2.45) is 5.41 Å². The van der Waals surface area contributed by atoms with Gasteiger partial charge in [-0.25, -0.2) is 13.2 Å². The molecule has 9 heteroatoms. The molecule has 3 N–H and O–H groups in total. The highest BCUT2D eigenvalue weighted by Gasteiger charge is 2.28. The van der Waals surface area contributed by atoms with Gasteiger partial charge in [-0.1, -0.05) is 70.7 Å². The van der Waals surface area contributed by atoms with Gasteiger partial charge in [-0.3, -0.25) is 9.59 Å². The summed E-state index contributed by atoms with van der Waals surface area (Å²) in [5.41, 5.74) is 1.45. The minimum Gasteiger partial charge on any atom is -0.356 e. The van der Waals surface area contributed by atoms with E-state index in [4.69, 9.17) is 11.6 Å². The van der Waals surface area contributed by atoms with Gasteiger partial charge in [0.15, 0.2) is 11.6 Å². The lowest BCUT2D eigenvalue weighted by atomic mass is 9.88. The average Bonchev–Trinajstić information content (AvgIpc) is 2.90. The standard InChI is InChI=1S/C18H16ClF3N2O.C7H13NO.C5H12/c1-9-12(11-3-2-4-13(19)18(11)22)6-17(25)24-16-7-15(21)14(20)5-10(16)8-23-9;9-6-8-7-4-2-1-3-5-7;1-5(2,3)4/h2-5,7,9,12,23H,6,8H2,1H3,(H,24,25);6-7H,1-5H2,(H,8,9);1-4H3/t9-,12?;;/m0../s1. The van der Waals surface area contributed by atoms with Crippen LogP contribution in [0.25, 0.3) is 0 Å². The van der Waals surface area contributed by atoms with Crippen LogP contribution in [0.2, 0.25) is 5.02 Å². The van der Waals surface area contributed by atoms with E-state index >= 15 is 0 Å². The van der Waals surface area contributed by atoms with Crippen molar-refractivity contribution < 1.29 is 22.8 Å². The zero-order chi connectivity index (χ0) is 29.2. The van der Waals surface area contributed by atoms with Crippen LogP contribution >= 0.6 is 11.6 Å². The van der Waals surface area contributed by atoms with E-state index in [0.29, 0.717) is 22.6 Å². The van der Waals surface area contributed by atoms with Crippen LogP contribution in [0, 0.1) is 22.9 Å². The van der Waals surface area contributed by atoms with Crippen LogP contribution in [0.5, 0.6) is 0 Å². The van der Waals surface area contributed by atoms with Crippen molar-refractivity contribution in [3.8, 4) is 0 Å². The zero-order valence-electron chi connectivity index (χ0n) is 23.5. The lowest BCUT2D eigenvalue weighted by Crippen LogP contribution is -2.33. The maximum atomic E-state index is 14.4. The van der Waals surface area contributed by atoms with Crippen LogP contribution in [0.4, 0.5) is 18.9 Å². The third-order valence-corrected chi connectivity index (χ3v) is 6.63. The summed E-state index contributed by atoms with van der Waals surface area (Å²) in [7, 11) is 0. The molecule has 2 aromatic carbocycles. The van der Waals surface area contributed by atoms with Gasteiger partial charge in [0.1, 0.15) is 5.82 Å². The maximum Gasteiger partial charge on any atom is 0.225 e. The van der Waals surface area contributed by atoms with Crippen LogP contribution in [-0.2, 0) is 16.1 Å². The highest BCUT2D eigenvalue weighted by Crippen LogP contribution is 2.32. The summed E-state index contributed by atoms with van der Waals surface area (Å²) in [5.74, 6) is -3.48. The number of anilines is 1. The molecule has 0 radical (unpaired) electrons. The van der Waals surface area contributed by atoms with Crippen molar-refractivity contribution in [3.05, 3.63) is 63.9 Å². The summed E-state index contributed by atoms with van der Waals surface area (Å²) in [6.07, 6.45) is 7.06. The van der Waals surface area contributed by atoms with Gasteiger partial charge in [-0.2, -0.15) is 0 Å². The normalized spacial score (nSPS) is 19.9. The van der Waals surface area contributed by atoms with Gasteiger partial charge in [0, 0.05) is 42.7 Å². The fraction of sp³-hybridized carbons (Fsp3) is 0.533. The quantitative estimate of drug-likeness (QED) is 0.337. The molecular weight excluding hydrogens is 527 g/mol. The number of benzene rings is 2. The van der Waals surface area contributed by atoms with Crippen molar-refractivity contribution in [1.82, 2.24) is 10.6 Å². The first kappa shape index (κ1) is 32.6. The second-order valence-corrected chi connectivity index (χ2v) is 12.1. The lowest BCUT2D eigenvalue weighted by molar-refractivity contribution is -0.116. The summed E-state index contributed by atoms with van der Waals surface area (Å²) < 4.78 is 41.4.